The zero-order valence-electron chi connectivity index (χ0n) is 12.6. The molecule has 0 N–H and O–H groups in total. The highest BCUT2D eigenvalue weighted by Gasteiger charge is 2.49. The van der Waals surface area contributed by atoms with Crippen LogP contribution in [0.3, 0.4) is 0 Å². The second kappa shape index (κ2) is 5.59. The Bertz CT molecular complexity index is 610. The molecule has 3 rings (SSSR count). The van der Waals surface area contributed by atoms with E-state index < -0.39 is 0 Å². The average Bonchev–Trinajstić information content (AvgIpc) is 3.34. The minimum atomic E-state index is -0.147. The van der Waals surface area contributed by atoms with Crippen LogP contribution < -0.4 is 0 Å². The Morgan fingerprint density at radius 2 is 2.19 bits per heavy atom. The Morgan fingerprint density at radius 3 is 2.81 bits per heavy atom. The van der Waals surface area contributed by atoms with Gasteiger partial charge >= 0.3 is 0 Å². The van der Waals surface area contributed by atoms with Crippen LogP contribution >= 0.6 is 0 Å². The SMILES string of the molecule is C=CC(=C)CN=C(c1ccc(C)c(F)c1)C1CC1C1CC1. The van der Waals surface area contributed by atoms with Crippen LogP contribution in [0.4, 0.5) is 4.39 Å². The lowest BCUT2D eigenvalue weighted by atomic mass is 10.0. The maximum atomic E-state index is 13.9. The van der Waals surface area contributed by atoms with E-state index in [1.165, 1.54) is 19.3 Å². The summed E-state index contributed by atoms with van der Waals surface area (Å²) in [6.07, 6.45) is 5.66. The largest absolute Gasteiger partial charge is 0.284 e. The van der Waals surface area contributed by atoms with Gasteiger partial charge in [-0.25, -0.2) is 4.39 Å². The predicted molar refractivity (Wildman–Crippen MR) is 86.2 cm³/mol. The fraction of sp³-hybridized carbons (Fsp3) is 0.421. The Balaban J connectivity index is 1.85. The summed E-state index contributed by atoms with van der Waals surface area (Å²) >= 11 is 0. The van der Waals surface area contributed by atoms with Gasteiger partial charge in [-0.1, -0.05) is 31.4 Å². The van der Waals surface area contributed by atoms with Gasteiger partial charge in [0.05, 0.1) is 6.54 Å². The van der Waals surface area contributed by atoms with Crippen LogP contribution in [0.15, 0.2) is 48.0 Å². The van der Waals surface area contributed by atoms with Gasteiger partial charge in [-0.2, -0.15) is 0 Å². The van der Waals surface area contributed by atoms with Gasteiger partial charge in [0.1, 0.15) is 5.82 Å². The molecule has 2 atom stereocenters. The van der Waals surface area contributed by atoms with Gasteiger partial charge < -0.3 is 0 Å². The van der Waals surface area contributed by atoms with Crippen LogP contribution in [-0.2, 0) is 0 Å². The highest BCUT2D eigenvalue weighted by molar-refractivity contribution is 6.04. The second-order valence-electron chi connectivity index (χ2n) is 6.37. The van der Waals surface area contributed by atoms with Gasteiger partial charge in [0, 0.05) is 11.6 Å². The van der Waals surface area contributed by atoms with E-state index in [2.05, 4.69) is 13.2 Å². The van der Waals surface area contributed by atoms with E-state index in [-0.39, 0.29) is 5.82 Å². The predicted octanol–water partition coefficient (Wildman–Crippen LogP) is 4.71. The first-order valence-corrected chi connectivity index (χ1v) is 7.71. The number of aryl methyl sites for hydroxylation is 1. The molecule has 2 fully saturated rings. The van der Waals surface area contributed by atoms with Crippen molar-refractivity contribution < 1.29 is 4.39 Å². The zero-order valence-corrected chi connectivity index (χ0v) is 12.6. The third-order valence-corrected chi connectivity index (χ3v) is 4.63. The molecule has 21 heavy (non-hydrogen) atoms. The molecule has 0 radical (unpaired) electrons. The van der Waals surface area contributed by atoms with E-state index in [0.717, 1.165) is 28.7 Å². The lowest BCUT2D eigenvalue weighted by Crippen LogP contribution is -2.08. The van der Waals surface area contributed by atoms with Gasteiger partial charge in [0.2, 0.25) is 0 Å². The van der Waals surface area contributed by atoms with E-state index in [0.29, 0.717) is 18.0 Å². The van der Waals surface area contributed by atoms with Crippen LogP contribution in [-0.4, -0.2) is 12.3 Å². The van der Waals surface area contributed by atoms with Crippen molar-refractivity contribution in [1.29, 1.82) is 0 Å². The number of benzene rings is 1. The lowest BCUT2D eigenvalue weighted by Gasteiger charge is -2.09. The molecule has 2 unspecified atom stereocenters. The maximum absolute atomic E-state index is 13.9. The van der Waals surface area contributed by atoms with Crippen LogP contribution in [0.2, 0.25) is 0 Å². The first-order chi connectivity index (χ1) is 10.1. The number of halogens is 1. The van der Waals surface area contributed by atoms with Gasteiger partial charge in [-0.3, -0.25) is 4.99 Å². The topological polar surface area (TPSA) is 12.4 Å². The van der Waals surface area contributed by atoms with Crippen LogP contribution in [0.25, 0.3) is 0 Å². The van der Waals surface area contributed by atoms with E-state index in [4.69, 9.17) is 4.99 Å². The molecule has 0 amide bonds. The second-order valence-corrected chi connectivity index (χ2v) is 6.37. The molecule has 1 aromatic rings. The van der Waals surface area contributed by atoms with Gasteiger partial charge in [0.15, 0.2) is 0 Å². The number of hydrogen-bond donors (Lipinski definition) is 0. The number of nitrogens with zero attached hydrogens (tertiary/aromatic N) is 1. The fourth-order valence-corrected chi connectivity index (χ4v) is 3.00. The summed E-state index contributed by atoms with van der Waals surface area (Å²) in [6.45, 7) is 9.99. The van der Waals surface area contributed by atoms with Gasteiger partial charge in [0.25, 0.3) is 0 Å². The molecule has 1 aromatic carbocycles. The summed E-state index contributed by atoms with van der Waals surface area (Å²) < 4.78 is 13.9. The van der Waals surface area contributed by atoms with Crippen molar-refractivity contribution in [2.75, 3.05) is 6.54 Å². The van der Waals surface area contributed by atoms with E-state index in [1.807, 2.05) is 12.1 Å². The smallest absolute Gasteiger partial charge is 0.126 e. The van der Waals surface area contributed by atoms with Crippen LogP contribution in [0.1, 0.15) is 30.4 Å². The summed E-state index contributed by atoms with van der Waals surface area (Å²) in [4.78, 5) is 4.74. The molecule has 0 bridgehead atoms. The molecule has 0 aliphatic heterocycles. The van der Waals surface area contributed by atoms with Crippen molar-refractivity contribution in [2.45, 2.75) is 26.2 Å². The van der Waals surface area contributed by atoms with E-state index in [9.17, 15) is 4.39 Å². The fourth-order valence-electron chi connectivity index (χ4n) is 3.00. The van der Waals surface area contributed by atoms with E-state index >= 15 is 0 Å². The summed E-state index contributed by atoms with van der Waals surface area (Å²) in [5.74, 6) is 2.02. The normalized spacial score (nSPS) is 24.8. The first-order valence-electron chi connectivity index (χ1n) is 7.71. The molecule has 2 aliphatic rings. The van der Waals surface area contributed by atoms with Gasteiger partial charge in [-0.15, -0.1) is 0 Å². The lowest BCUT2D eigenvalue weighted by molar-refractivity contribution is 0.618. The van der Waals surface area contributed by atoms with Crippen molar-refractivity contribution >= 4 is 5.71 Å². The molecule has 1 nitrogen and oxygen atoms in total. The average molecular weight is 283 g/mol. The minimum absolute atomic E-state index is 0.147. The van der Waals surface area contributed by atoms with Crippen molar-refractivity contribution in [3.8, 4) is 0 Å². The number of hydrogen-bond acceptors (Lipinski definition) is 1. The standard InChI is InChI=1S/C19H22FN/c1-4-12(2)11-21-19(17-10-16(17)14-7-8-14)15-6-5-13(3)18(20)9-15/h4-6,9,14,16-17H,1-2,7-8,10-11H2,3H3. The van der Waals surface area contributed by atoms with Crippen molar-refractivity contribution in [3.63, 3.8) is 0 Å². The molecule has 0 aromatic heterocycles. The summed E-state index contributed by atoms with van der Waals surface area (Å²) in [7, 11) is 0. The molecule has 2 aliphatic carbocycles. The van der Waals surface area contributed by atoms with Crippen molar-refractivity contribution in [2.24, 2.45) is 22.7 Å². The summed E-state index contributed by atoms with van der Waals surface area (Å²) in [6, 6.07) is 5.47. The monoisotopic (exact) mass is 283 g/mol. The maximum Gasteiger partial charge on any atom is 0.126 e. The molecule has 2 heteroatoms. The van der Waals surface area contributed by atoms with Crippen molar-refractivity contribution in [1.82, 2.24) is 0 Å². The first kappa shape index (κ1) is 14.2. The Morgan fingerprint density at radius 1 is 1.43 bits per heavy atom. The molecular formula is C19H22FN. The van der Waals surface area contributed by atoms with E-state index in [1.54, 1.807) is 19.1 Å². The Hall–Kier alpha value is -1.70. The van der Waals surface area contributed by atoms with Gasteiger partial charge in [-0.05, 0) is 60.8 Å². The van der Waals surface area contributed by atoms with Crippen LogP contribution in [0, 0.1) is 30.5 Å². The Kier molecular flexibility index (Phi) is 3.79. The molecule has 110 valence electrons. The molecule has 0 saturated heterocycles. The molecular weight excluding hydrogens is 261 g/mol. The molecule has 2 saturated carbocycles. The quantitative estimate of drug-likeness (QED) is 0.529. The number of aliphatic imine (C=N–C) groups is 1. The number of rotatable bonds is 6. The highest BCUT2D eigenvalue weighted by Crippen LogP contribution is 2.55. The third kappa shape index (κ3) is 3.15. The van der Waals surface area contributed by atoms with Crippen molar-refractivity contribution in [3.05, 3.63) is 60.0 Å². The third-order valence-electron chi connectivity index (χ3n) is 4.63. The summed E-state index contributed by atoms with van der Waals surface area (Å²) in [5.41, 5.74) is 3.59. The summed E-state index contributed by atoms with van der Waals surface area (Å²) in [5, 5.41) is 0. The molecule has 0 spiro atoms. The Labute approximate surface area is 126 Å². The minimum Gasteiger partial charge on any atom is -0.284 e. The molecule has 0 heterocycles. The van der Waals surface area contributed by atoms with Crippen LogP contribution in [0.5, 0.6) is 0 Å². The zero-order chi connectivity index (χ0) is 15.0. The highest BCUT2D eigenvalue weighted by atomic mass is 19.1.